The Morgan fingerprint density at radius 1 is 1.39 bits per heavy atom. The molecule has 1 heterocycles. The van der Waals surface area contributed by atoms with E-state index in [2.05, 4.69) is 5.32 Å². The van der Waals surface area contributed by atoms with Crippen molar-refractivity contribution in [2.24, 2.45) is 5.73 Å². The maximum absolute atomic E-state index is 10.6. The first-order valence-electron chi connectivity index (χ1n) is 5.83. The Balaban J connectivity index is 1.95. The second-order valence-electron chi connectivity index (χ2n) is 4.10. The van der Waals surface area contributed by atoms with Crippen LogP contribution >= 0.6 is 11.6 Å². The van der Waals surface area contributed by atoms with Gasteiger partial charge in [0.2, 0.25) is 5.91 Å². The van der Waals surface area contributed by atoms with E-state index in [1.165, 1.54) is 0 Å². The van der Waals surface area contributed by atoms with Crippen LogP contribution in [0.25, 0.3) is 11.0 Å². The van der Waals surface area contributed by atoms with Crippen molar-refractivity contribution in [3.63, 3.8) is 0 Å². The van der Waals surface area contributed by atoms with E-state index in [1.54, 1.807) is 0 Å². The zero-order valence-corrected chi connectivity index (χ0v) is 10.7. The average Bonchev–Trinajstić information content (AvgIpc) is 2.65. The van der Waals surface area contributed by atoms with Gasteiger partial charge in [0.25, 0.3) is 0 Å². The van der Waals surface area contributed by atoms with Gasteiger partial charge in [-0.3, -0.25) is 4.79 Å². The van der Waals surface area contributed by atoms with Crippen molar-refractivity contribution >= 4 is 28.5 Å². The van der Waals surface area contributed by atoms with Crippen molar-refractivity contribution in [2.45, 2.75) is 19.4 Å². The van der Waals surface area contributed by atoms with Crippen LogP contribution in [0.15, 0.2) is 28.7 Å². The Kier molecular flexibility index (Phi) is 4.23. The first-order valence-corrected chi connectivity index (χ1v) is 6.21. The summed E-state index contributed by atoms with van der Waals surface area (Å²) in [6.45, 7) is 1.34. The van der Waals surface area contributed by atoms with Crippen LogP contribution in [0.4, 0.5) is 0 Å². The molecule has 3 N–H and O–H groups in total. The van der Waals surface area contributed by atoms with Crippen molar-refractivity contribution < 1.29 is 9.21 Å². The molecule has 0 saturated carbocycles. The summed E-state index contributed by atoms with van der Waals surface area (Å²) in [7, 11) is 0. The maximum Gasteiger partial charge on any atom is 0.217 e. The van der Waals surface area contributed by atoms with E-state index >= 15 is 0 Å². The van der Waals surface area contributed by atoms with Gasteiger partial charge in [-0.05, 0) is 30.6 Å². The lowest BCUT2D eigenvalue weighted by Gasteiger charge is -2.02. The van der Waals surface area contributed by atoms with Gasteiger partial charge >= 0.3 is 0 Å². The first-order chi connectivity index (χ1) is 8.68. The smallest absolute Gasteiger partial charge is 0.217 e. The monoisotopic (exact) mass is 266 g/mol. The van der Waals surface area contributed by atoms with Crippen LogP contribution in [-0.2, 0) is 11.3 Å². The second kappa shape index (κ2) is 5.89. The minimum absolute atomic E-state index is 0.274. The van der Waals surface area contributed by atoms with E-state index in [-0.39, 0.29) is 5.91 Å². The summed E-state index contributed by atoms with van der Waals surface area (Å²) in [5.74, 6) is -0.274. The highest BCUT2D eigenvalue weighted by molar-refractivity contribution is 6.30. The van der Waals surface area contributed by atoms with Gasteiger partial charge in [0.1, 0.15) is 5.58 Å². The molecule has 4 nitrogen and oxygen atoms in total. The molecule has 0 radical (unpaired) electrons. The highest BCUT2D eigenvalue weighted by atomic mass is 35.5. The number of amides is 1. The average molecular weight is 267 g/mol. The predicted molar refractivity (Wildman–Crippen MR) is 71.4 cm³/mol. The number of fused-ring (bicyclic) bond motifs is 1. The van der Waals surface area contributed by atoms with Gasteiger partial charge in [-0.25, -0.2) is 0 Å². The molecule has 0 atom stereocenters. The van der Waals surface area contributed by atoms with E-state index in [0.29, 0.717) is 18.2 Å². The number of benzene rings is 1. The molecule has 0 fully saturated rings. The molecule has 0 saturated heterocycles. The zero-order valence-electron chi connectivity index (χ0n) is 9.91. The van der Waals surface area contributed by atoms with E-state index in [4.69, 9.17) is 21.8 Å². The molecule has 0 bridgehead atoms. The van der Waals surface area contributed by atoms with Crippen LogP contribution in [0.2, 0.25) is 5.22 Å². The molecule has 5 heteroatoms. The number of nitrogens with one attached hydrogen (secondary N) is 1. The highest BCUT2D eigenvalue weighted by Gasteiger charge is 2.11. The fourth-order valence-corrected chi connectivity index (χ4v) is 2.09. The number of primary amides is 1. The summed E-state index contributed by atoms with van der Waals surface area (Å²) < 4.78 is 5.45. The molecule has 0 aliphatic heterocycles. The van der Waals surface area contributed by atoms with Crippen LogP contribution in [0.5, 0.6) is 0 Å². The van der Waals surface area contributed by atoms with Gasteiger partial charge in [-0.1, -0.05) is 18.2 Å². The summed E-state index contributed by atoms with van der Waals surface area (Å²) in [6.07, 6.45) is 1.12. The number of carbonyl (C=O) groups is 1. The van der Waals surface area contributed by atoms with E-state index in [1.807, 2.05) is 24.3 Å². The minimum Gasteiger partial charge on any atom is -0.444 e. The van der Waals surface area contributed by atoms with Crippen LogP contribution < -0.4 is 11.1 Å². The third-order valence-corrected chi connectivity index (χ3v) is 3.03. The number of hydrogen-bond donors (Lipinski definition) is 2. The molecule has 0 aliphatic carbocycles. The fraction of sp³-hybridized carbons (Fsp3) is 0.308. The van der Waals surface area contributed by atoms with Crippen LogP contribution in [-0.4, -0.2) is 12.5 Å². The van der Waals surface area contributed by atoms with E-state index < -0.39 is 0 Å². The molecule has 0 unspecified atom stereocenters. The van der Waals surface area contributed by atoms with E-state index in [9.17, 15) is 4.79 Å². The van der Waals surface area contributed by atoms with E-state index in [0.717, 1.165) is 29.5 Å². The Morgan fingerprint density at radius 3 is 2.94 bits per heavy atom. The number of nitrogens with two attached hydrogens (primary N) is 1. The summed E-state index contributed by atoms with van der Waals surface area (Å²) in [6, 6.07) is 7.72. The largest absolute Gasteiger partial charge is 0.444 e. The second-order valence-corrected chi connectivity index (χ2v) is 4.44. The lowest BCUT2D eigenvalue weighted by molar-refractivity contribution is -0.118. The lowest BCUT2D eigenvalue weighted by atomic mass is 10.2. The molecule has 1 aromatic heterocycles. The number of furan rings is 1. The Hall–Kier alpha value is -1.52. The predicted octanol–water partition coefficient (Wildman–Crippen LogP) is 2.44. The normalized spacial score (nSPS) is 10.9. The third-order valence-electron chi connectivity index (χ3n) is 2.73. The molecule has 2 aromatic rings. The molecule has 2 rings (SSSR count). The van der Waals surface area contributed by atoms with Crippen molar-refractivity contribution in [1.82, 2.24) is 5.32 Å². The fourth-order valence-electron chi connectivity index (χ4n) is 1.83. The van der Waals surface area contributed by atoms with Crippen molar-refractivity contribution in [3.05, 3.63) is 35.0 Å². The summed E-state index contributed by atoms with van der Waals surface area (Å²) in [5.41, 5.74) is 6.80. The summed E-state index contributed by atoms with van der Waals surface area (Å²) in [4.78, 5) is 10.6. The number of hydrogen-bond acceptors (Lipinski definition) is 3. The Labute approximate surface area is 110 Å². The highest BCUT2D eigenvalue weighted by Crippen LogP contribution is 2.29. The standard InChI is InChI=1S/C13H15ClN2O2/c14-13-10(8-16-7-3-6-12(15)17)9-4-1-2-5-11(9)18-13/h1-2,4-5,16H,3,6-8H2,(H2,15,17). The molecule has 96 valence electrons. The topological polar surface area (TPSA) is 68.3 Å². The molecule has 1 amide bonds. The number of carbonyl (C=O) groups excluding carboxylic acids is 1. The zero-order chi connectivity index (χ0) is 13.0. The van der Waals surface area contributed by atoms with Crippen molar-refractivity contribution in [1.29, 1.82) is 0 Å². The van der Waals surface area contributed by atoms with Crippen LogP contribution in [0.3, 0.4) is 0 Å². The van der Waals surface area contributed by atoms with Gasteiger partial charge < -0.3 is 15.5 Å². The Bertz CT molecular complexity index is 551. The summed E-state index contributed by atoms with van der Waals surface area (Å²) in [5, 5.41) is 4.66. The molecular formula is C13H15ClN2O2. The van der Waals surface area contributed by atoms with Crippen molar-refractivity contribution in [3.8, 4) is 0 Å². The van der Waals surface area contributed by atoms with Gasteiger partial charge in [0.05, 0.1) is 0 Å². The van der Waals surface area contributed by atoms with Gasteiger partial charge in [0.15, 0.2) is 5.22 Å². The number of rotatable bonds is 6. The SMILES string of the molecule is NC(=O)CCCNCc1c(Cl)oc2ccccc12. The lowest BCUT2D eigenvalue weighted by Crippen LogP contribution is -2.18. The molecule has 0 spiro atoms. The van der Waals surface area contributed by atoms with Crippen LogP contribution in [0, 0.1) is 0 Å². The Morgan fingerprint density at radius 2 is 2.17 bits per heavy atom. The first kappa shape index (κ1) is 12.9. The van der Waals surface area contributed by atoms with Crippen molar-refractivity contribution in [2.75, 3.05) is 6.54 Å². The van der Waals surface area contributed by atoms with Gasteiger partial charge in [-0.15, -0.1) is 0 Å². The molecule has 18 heavy (non-hydrogen) atoms. The minimum atomic E-state index is -0.274. The van der Waals surface area contributed by atoms with Crippen LogP contribution in [0.1, 0.15) is 18.4 Å². The maximum atomic E-state index is 10.6. The quantitative estimate of drug-likeness (QED) is 0.789. The van der Waals surface area contributed by atoms with Gasteiger partial charge in [0, 0.05) is 23.9 Å². The third kappa shape index (κ3) is 3.03. The number of halogens is 1. The molecule has 0 aliphatic rings. The summed E-state index contributed by atoms with van der Waals surface area (Å²) >= 11 is 6.05. The van der Waals surface area contributed by atoms with Gasteiger partial charge in [-0.2, -0.15) is 0 Å². The molecular weight excluding hydrogens is 252 g/mol. The molecule has 1 aromatic carbocycles. The number of para-hydroxylation sites is 1.